The zero-order valence-electron chi connectivity index (χ0n) is 13.4. The molecule has 21 heavy (non-hydrogen) atoms. The molecule has 2 aromatic rings. The van der Waals surface area contributed by atoms with E-state index in [4.69, 9.17) is 0 Å². The highest BCUT2D eigenvalue weighted by atomic mass is 16.1. The molecule has 4 heteroatoms. The molecule has 2 rings (SSSR count). The largest absolute Gasteiger partial charge is 0.378 e. The van der Waals surface area contributed by atoms with Gasteiger partial charge in [-0.25, -0.2) is 0 Å². The summed E-state index contributed by atoms with van der Waals surface area (Å²) in [6.07, 6.45) is 0. The SMILES string of the molecule is Cc1cc(CNC(=O)c2ccc(N(C)C)cc2)c(C)n1C. The van der Waals surface area contributed by atoms with E-state index < -0.39 is 0 Å². The Morgan fingerprint density at radius 2 is 1.81 bits per heavy atom. The Bertz CT molecular complexity index is 639. The smallest absolute Gasteiger partial charge is 0.251 e. The highest BCUT2D eigenvalue weighted by Crippen LogP contribution is 2.14. The number of aryl methyl sites for hydroxylation is 1. The van der Waals surface area contributed by atoms with E-state index in [1.807, 2.05) is 50.3 Å². The van der Waals surface area contributed by atoms with E-state index in [-0.39, 0.29) is 5.91 Å². The molecule has 0 aliphatic carbocycles. The number of anilines is 1. The van der Waals surface area contributed by atoms with Crippen LogP contribution in [0.5, 0.6) is 0 Å². The van der Waals surface area contributed by atoms with Crippen molar-refractivity contribution in [3.63, 3.8) is 0 Å². The maximum absolute atomic E-state index is 12.2. The second-order valence-corrected chi connectivity index (χ2v) is 5.58. The van der Waals surface area contributed by atoms with Crippen molar-refractivity contribution in [1.82, 2.24) is 9.88 Å². The van der Waals surface area contributed by atoms with Crippen molar-refractivity contribution >= 4 is 11.6 Å². The van der Waals surface area contributed by atoms with Crippen LogP contribution in [0.25, 0.3) is 0 Å². The number of carbonyl (C=O) groups is 1. The third-order valence-corrected chi connectivity index (χ3v) is 3.97. The van der Waals surface area contributed by atoms with Gasteiger partial charge in [0.25, 0.3) is 5.91 Å². The molecule has 0 atom stereocenters. The number of nitrogens with one attached hydrogen (secondary N) is 1. The summed E-state index contributed by atoms with van der Waals surface area (Å²) in [4.78, 5) is 14.2. The van der Waals surface area contributed by atoms with E-state index in [2.05, 4.69) is 29.8 Å². The monoisotopic (exact) mass is 285 g/mol. The topological polar surface area (TPSA) is 37.3 Å². The lowest BCUT2D eigenvalue weighted by Crippen LogP contribution is -2.23. The maximum atomic E-state index is 12.2. The molecule has 0 saturated carbocycles. The number of benzene rings is 1. The third-order valence-electron chi connectivity index (χ3n) is 3.97. The summed E-state index contributed by atoms with van der Waals surface area (Å²) >= 11 is 0. The summed E-state index contributed by atoms with van der Waals surface area (Å²) in [5, 5.41) is 2.98. The van der Waals surface area contributed by atoms with E-state index in [1.54, 1.807) is 0 Å². The van der Waals surface area contributed by atoms with Crippen LogP contribution in [-0.2, 0) is 13.6 Å². The lowest BCUT2D eigenvalue weighted by Gasteiger charge is -2.12. The predicted molar refractivity (Wildman–Crippen MR) is 86.8 cm³/mol. The molecule has 1 aromatic carbocycles. The van der Waals surface area contributed by atoms with Gasteiger partial charge in [-0.3, -0.25) is 4.79 Å². The Morgan fingerprint density at radius 1 is 1.19 bits per heavy atom. The zero-order valence-corrected chi connectivity index (χ0v) is 13.4. The molecule has 0 saturated heterocycles. The van der Waals surface area contributed by atoms with Crippen molar-refractivity contribution in [3.8, 4) is 0 Å². The molecule has 0 radical (unpaired) electrons. The fraction of sp³-hybridized carbons (Fsp3) is 0.353. The number of hydrogen-bond donors (Lipinski definition) is 1. The lowest BCUT2D eigenvalue weighted by atomic mass is 10.1. The van der Waals surface area contributed by atoms with Crippen LogP contribution in [0.1, 0.15) is 27.3 Å². The second kappa shape index (κ2) is 6.04. The Morgan fingerprint density at radius 3 is 2.29 bits per heavy atom. The quantitative estimate of drug-likeness (QED) is 0.937. The second-order valence-electron chi connectivity index (χ2n) is 5.58. The number of hydrogen-bond acceptors (Lipinski definition) is 2. The van der Waals surface area contributed by atoms with Gasteiger partial charge >= 0.3 is 0 Å². The summed E-state index contributed by atoms with van der Waals surface area (Å²) in [6, 6.07) is 9.73. The summed E-state index contributed by atoms with van der Waals surface area (Å²) in [7, 11) is 6.00. The van der Waals surface area contributed by atoms with Gasteiger partial charge in [-0.1, -0.05) is 0 Å². The summed E-state index contributed by atoms with van der Waals surface area (Å²) < 4.78 is 2.13. The molecule has 1 heterocycles. The van der Waals surface area contributed by atoms with Crippen LogP contribution in [0.4, 0.5) is 5.69 Å². The van der Waals surface area contributed by atoms with Crippen LogP contribution in [-0.4, -0.2) is 24.6 Å². The van der Waals surface area contributed by atoms with Crippen molar-refractivity contribution in [2.45, 2.75) is 20.4 Å². The molecule has 1 aromatic heterocycles. The van der Waals surface area contributed by atoms with Crippen molar-refractivity contribution in [3.05, 3.63) is 52.8 Å². The van der Waals surface area contributed by atoms with Gasteiger partial charge in [-0.2, -0.15) is 0 Å². The first-order chi connectivity index (χ1) is 9.90. The number of carbonyl (C=O) groups excluding carboxylic acids is 1. The first kappa shape index (κ1) is 15.2. The minimum atomic E-state index is -0.0405. The molecule has 0 aliphatic heterocycles. The third kappa shape index (κ3) is 3.27. The highest BCUT2D eigenvalue weighted by molar-refractivity contribution is 5.94. The zero-order chi connectivity index (χ0) is 15.6. The van der Waals surface area contributed by atoms with Gasteiger partial charge < -0.3 is 14.8 Å². The van der Waals surface area contributed by atoms with E-state index in [9.17, 15) is 4.79 Å². The number of aromatic nitrogens is 1. The van der Waals surface area contributed by atoms with Crippen LogP contribution in [0.15, 0.2) is 30.3 Å². The maximum Gasteiger partial charge on any atom is 0.251 e. The molecule has 0 aliphatic rings. The lowest BCUT2D eigenvalue weighted by molar-refractivity contribution is 0.0951. The van der Waals surface area contributed by atoms with Gasteiger partial charge in [-0.05, 0) is 49.7 Å². The van der Waals surface area contributed by atoms with Gasteiger partial charge in [0.05, 0.1) is 0 Å². The first-order valence-electron chi connectivity index (χ1n) is 7.07. The molecule has 112 valence electrons. The van der Waals surface area contributed by atoms with E-state index in [1.165, 1.54) is 11.4 Å². The molecular formula is C17H23N3O. The minimum Gasteiger partial charge on any atom is -0.378 e. The summed E-state index contributed by atoms with van der Waals surface area (Å²) in [5.41, 5.74) is 5.32. The average molecular weight is 285 g/mol. The number of amides is 1. The molecular weight excluding hydrogens is 262 g/mol. The Labute approximate surface area is 126 Å². The van der Waals surface area contributed by atoms with Crippen LogP contribution < -0.4 is 10.2 Å². The van der Waals surface area contributed by atoms with Crippen molar-refractivity contribution in [1.29, 1.82) is 0 Å². The number of nitrogens with zero attached hydrogens (tertiary/aromatic N) is 2. The molecule has 0 spiro atoms. The first-order valence-corrected chi connectivity index (χ1v) is 7.07. The predicted octanol–water partition coefficient (Wildman–Crippen LogP) is 2.64. The molecule has 1 amide bonds. The molecule has 0 fully saturated rings. The molecule has 1 N–H and O–H groups in total. The van der Waals surface area contributed by atoms with Gasteiger partial charge in [-0.15, -0.1) is 0 Å². The summed E-state index contributed by atoms with van der Waals surface area (Å²) in [6.45, 7) is 4.69. The molecule has 0 unspecified atom stereocenters. The standard InChI is InChI=1S/C17H23N3O/c1-12-10-15(13(2)20(12)5)11-18-17(21)14-6-8-16(9-7-14)19(3)4/h6-10H,11H2,1-5H3,(H,18,21). The molecule has 0 bridgehead atoms. The van der Waals surface area contributed by atoms with Gasteiger partial charge in [0, 0.05) is 50.3 Å². The Balaban J connectivity index is 2.03. The van der Waals surface area contributed by atoms with Crippen LogP contribution in [0.2, 0.25) is 0 Å². The Kier molecular flexibility index (Phi) is 4.36. The normalized spacial score (nSPS) is 10.5. The fourth-order valence-corrected chi connectivity index (χ4v) is 2.30. The van der Waals surface area contributed by atoms with Crippen LogP contribution >= 0.6 is 0 Å². The Hall–Kier alpha value is -2.23. The number of rotatable bonds is 4. The molecule has 4 nitrogen and oxygen atoms in total. The fourth-order valence-electron chi connectivity index (χ4n) is 2.30. The van der Waals surface area contributed by atoms with E-state index >= 15 is 0 Å². The van der Waals surface area contributed by atoms with Gasteiger partial charge in [0.1, 0.15) is 0 Å². The van der Waals surface area contributed by atoms with E-state index in [0.29, 0.717) is 12.1 Å². The van der Waals surface area contributed by atoms with Crippen LogP contribution in [0, 0.1) is 13.8 Å². The van der Waals surface area contributed by atoms with Gasteiger partial charge in [0.2, 0.25) is 0 Å². The van der Waals surface area contributed by atoms with Crippen LogP contribution in [0.3, 0.4) is 0 Å². The van der Waals surface area contributed by atoms with Gasteiger partial charge in [0.15, 0.2) is 0 Å². The average Bonchev–Trinajstić information content (AvgIpc) is 2.72. The summed E-state index contributed by atoms with van der Waals surface area (Å²) in [5.74, 6) is -0.0405. The minimum absolute atomic E-state index is 0.0405. The van der Waals surface area contributed by atoms with Crippen molar-refractivity contribution in [2.24, 2.45) is 7.05 Å². The van der Waals surface area contributed by atoms with E-state index in [0.717, 1.165) is 11.3 Å². The highest BCUT2D eigenvalue weighted by Gasteiger charge is 2.09. The van der Waals surface area contributed by atoms with Crippen molar-refractivity contribution < 1.29 is 4.79 Å². The van der Waals surface area contributed by atoms with Crippen molar-refractivity contribution in [2.75, 3.05) is 19.0 Å².